The zero-order chi connectivity index (χ0) is 20.4. The summed E-state index contributed by atoms with van der Waals surface area (Å²) in [6.07, 6.45) is 5.10. The Labute approximate surface area is 167 Å². The fourth-order valence-corrected chi connectivity index (χ4v) is 4.09. The van der Waals surface area contributed by atoms with E-state index in [9.17, 15) is 13.2 Å². The molecule has 2 heterocycles. The van der Waals surface area contributed by atoms with Crippen molar-refractivity contribution in [2.45, 2.75) is 30.3 Å². The highest BCUT2D eigenvalue weighted by Crippen LogP contribution is 2.29. The smallest absolute Gasteiger partial charge is 0.291 e. The summed E-state index contributed by atoms with van der Waals surface area (Å²) in [7, 11) is -2.22. The first-order valence-electron chi connectivity index (χ1n) is 9.02. The van der Waals surface area contributed by atoms with Gasteiger partial charge in [-0.1, -0.05) is 0 Å². The Morgan fingerprint density at radius 1 is 1.31 bits per heavy atom. The van der Waals surface area contributed by atoms with E-state index in [-0.39, 0.29) is 22.4 Å². The highest BCUT2D eigenvalue weighted by molar-refractivity contribution is 7.89. The minimum atomic E-state index is -3.66. The van der Waals surface area contributed by atoms with Gasteiger partial charge in [-0.3, -0.25) is 9.48 Å². The number of nitrogens with one attached hydrogen (secondary N) is 2. The molecular weight excluding hydrogens is 396 g/mol. The second-order valence-electron chi connectivity index (χ2n) is 6.68. The quantitative estimate of drug-likeness (QED) is 0.582. The Kier molecular flexibility index (Phi) is 5.12. The summed E-state index contributed by atoms with van der Waals surface area (Å²) < 4.78 is 40.0. The highest BCUT2D eigenvalue weighted by atomic mass is 32.2. The third kappa shape index (κ3) is 4.49. The number of benzene rings is 1. The van der Waals surface area contributed by atoms with E-state index in [1.807, 2.05) is 0 Å². The van der Waals surface area contributed by atoms with Crippen molar-refractivity contribution in [2.75, 3.05) is 12.4 Å². The van der Waals surface area contributed by atoms with E-state index < -0.39 is 15.9 Å². The molecule has 152 valence electrons. The van der Waals surface area contributed by atoms with Crippen molar-refractivity contribution in [3.8, 4) is 5.75 Å². The van der Waals surface area contributed by atoms with Crippen LogP contribution in [0.15, 0.2) is 58.1 Å². The van der Waals surface area contributed by atoms with Crippen LogP contribution in [0, 0.1) is 0 Å². The summed E-state index contributed by atoms with van der Waals surface area (Å²) in [5.41, 5.74) is 0.237. The van der Waals surface area contributed by atoms with Crippen LogP contribution in [0.3, 0.4) is 0 Å². The number of sulfonamides is 1. The molecule has 1 fully saturated rings. The molecule has 0 unspecified atom stereocenters. The molecule has 0 saturated heterocycles. The van der Waals surface area contributed by atoms with Crippen molar-refractivity contribution in [1.82, 2.24) is 14.5 Å². The number of hydrogen-bond acceptors (Lipinski definition) is 6. The number of rotatable bonds is 8. The zero-order valence-electron chi connectivity index (χ0n) is 15.7. The predicted molar refractivity (Wildman–Crippen MR) is 104 cm³/mol. The number of furan rings is 1. The molecule has 1 amide bonds. The predicted octanol–water partition coefficient (Wildman–Crippen LogP) is 2.23. The fraction of sp³-hybridized carbons (Fsp3) is 0.263. The van der Waals surface area contributed by atoms with Crippen LogP contribution in [0.25, 0.3) is 0 Å². The zero-order valence-corrected chi connectivity index (χ0v) is 16.5. The van der Waals surface area contributed by atoms with Crippen LogP contribution in [0.1, 0.15) is 29.2 Å². The van der Waals surface area contributed by atoms with Crippen LogP contribution in [0.2, 0.25) is 0 Å². The van der Waals surface area contributed by atoms with Gasteiger partial charge in [0.05, 0.1) is 24.2 Å². The summed E-state index contributed by atoms with van der Waals surface area (Å²) in [5.74, 6) is 0.487. The van der Waals surface area contributed by atoms with Crippen molar-refractivity contribution < 1.29 is 22.4 Å². The molecule has 9 nitrogen and oxygen atoms in total. The van der Waals surface area contributed by atoms with Crippen molar-refractivity contribution in [3.05, 3.63) is 60.3 Å². The maximum absolute atomic E-state index is 12.6. The normalized spacial score (nSPS) is 14.0. The summed E-state index contributed by atoms with van der Waals surface area (Å²) in [6.45, 7) is 0.393. The lowest BCUT2D eigenvalue weighted by Gasteiger charge is -2.12. The van der Waals surface area contributed by atoms with E-state index >= 15 is 0 Å². The van der Waals surface area contributed by atoms with Gasteiger partial charge in [0, 0.05) is 18.4 Å². The largest absolute Gasteiger partial charge is 0.495 e. The monoisotopic (exact) mass is 416 g/mol. The average Bonchev–Trinajstić information content (AvgIpc) is 3.16. The lowest BCUT2D eigenvalue weighted by molar-refractivity contribution is 0.0994. The number of aromatic nitrogens is 2. The summed E-state index contributed by atoms with van der Waals surface area (Å²) in [4.78, 5) is 12.7. The van der Waals surface area contributed by atoms with Gasteiger partial charge in [0.2, 0.25) is 10.0 Å². The molecule has 4 rings (SSSR count). The van der Waals surface area contributed by atoms with E-state index in [1.165, 1.54) is 25.3 Å². The third-order valence-corrected chi connectivity index (χ3v) is 5.91. The number of anilines is 1. The van der Waals surface area contributed by atoms with Crippen LogP contribution in [-0.2, 0) is 16.6 Å². The Morgan fingerprint density at radius 2 is 2.14 bits per heavy atom. The summed E-state index contributed by atoms with van der Waals surface area (Å²) in [6, 6.07) is 9.33. The summed E-state index contributed by atoms with van der Waals surface area (Å²) >= 11 is 0. The molecule has 29 heavy (non-hydrogen) atoms. The minimum absolute atomic E-state index is 0.0172. The van der Waals surface area contributed by atoms with Gasteiger partial charge in [-0.15, -0.1) is 0 Å². The molecule has 0 radical (unpaired) electrons. The Morgan fingerprint density at radius 3 is 2.83 bits per heavy atom. The van der Waals surface area contributed by atoms with Gasteiger partial charge in [-0.05, 0) is 49.2 Å². The lowest BCUT2D eigenvalue weighted by Crippen LogP contribution is -2.25. The first-order valence-corrected chi connectivity index (χ1v) is 10.5. The SMILES string of the molecule is COc1ccc(S(=O)(=O)NC2CC2)cc1NC(=O)c1ccc(Cn2cccn2)o1. The van der Waals surface area contributed by atoms with E-state index in [4.69, 9.17) is 9.15 Å². The maximum atomic E-state index is 12.6. The third-order valence-electron chi connectivity index (χ3n) is 4.39. The molecule has 1 saturated carbocycles. The maximum Gasteiger partial charge on any atom is 0.291 e. The molecule has 0 atom stereocenters. The van der Waals surface area contributed by atoms with Crippen molar-refractivity contribution in [2.24, 2.45) is 0 Å². The van der Waals surface area contributed by atoms with Crippen molar-refractivity contribution in [1.29, 1.82) is 0 Å². The van der Waals surface area contributed by atoms with Crippen molar-refractivity contribution in [3.63, 3.8) is 0 Å². The highest BCUT2D eigenvalue weighted by Gasteiger charge is 2.28. The van der Waals surface area contributed by atoms with E-state index in [2.05, 4.69) is 15.1 Å². The molecule has 10 heteroatoms. The Bertz CT molecular complexity index is 1120. The second-order valence-corrected chi connectivity index (χ2v) is 8.40. The van der Waals surface area contributed by atoms with E-state index in [1.54, 1.807) is 35.3 Å². The number of ether oxygens (including phenoxy) is 1. The van der Waals surface area contributed by atoms with Gasteiger partial charge < -0.3 is 14.5 Å². The summed E-state index contributed by atoms with van der Waals surface area (Å²) in [5, 5.41) is 6.75. The van der Waals surface area contributed by atoms with Crippen LogP contribution in [0.5, 0.6) is 5.75 Å². The molecule has 0 spiro atoms. The molecule has 1 aliphatic rings. The van der Waals surface area contributed by atoms with Gasteiger partial charge in [-0.2, -0.15) is 5.10 Å². The number of amides is 1. The first-order chi connectivity index (χ1) is 13.9. The number of carbonyl (C=O) groups excluding carboxylic acids is 1. The molecule has 2 aromatic heterocycles. The van der Waals surface area contributed by atoms with Gasteiger partial charge in [-0.25, -0.2) is 13.1 Å². The van der Waals surface area contributed by atoms with Gasteiger partial charge >= 0.3 is 0 Å². The van der Waals surface area contributed by atoms with Crippen LogP contribution >= 0.6 is 0 Å². The fourth-order valence-electron chi connectivity index (χ4n) is 2.76. The molecule has 2 N–H and O–H groups in total. The number of hydrogen-bond donors (Lipinski definition) is 2. The van der Waals surface area contributed by atoms with Crippen LogP contribution in [0.4, 0.5) is 5.69 Å². The standard InChI is InChI=1S/C19H20N4O5S/c1-27-17-8-6-15(29(25,26)22-13-3-4-13)11-16(17)21-19(24)18-7-5-14(28-18)12-23-10-2-9-20-23/h2,5-11,13,22H,3-4,12H2,1H3,(H,21,24). The molecule has 1 aromatic carbocycles. The number of methoxy groups -OCH3 is 1. The van der Waals surface area contributed by atoms with Crippen LogP contribution < -0.4 is 14.8 Å². The molecular formula is C19H20N4O5S. The van der Waals surface area contributed by atoms with Gasteiger partial charge in [0.15, 0.2) is 5.76 Å². The number of nitrogens with zero attached hydrogens (tertiary/aromatic N) is 2. The minimum Gasteiger partial charge on any atom is -0.495 e. The molecule has 3 aromatic rings. The van der Waals surface area contributed by atoms with Crippen molar-refractivity contribution >= 4 is 21.6 Å². The second kappa shape index (κ2) is 7.72. The Balaban J connectivity index is 1.52. The average molecular weight is 416 g/mol. The number of carbonyl (C=O) groups is 1. The van der Waals surface area contributed by atoms with Gasteiger partial charge in [0.1, 0.15) is 11.5 Å². The molecule has 0 bridgehead atoms. The first kappa shape index (κ1) is 19.2. The topological polar surface area (TPSA) is 115 Å². The van der Waals surface area contributed by atoms with Gasteiger partial charge in [0.25, 0.3) is 5.91 Å². The van der Waals surface area contributed by atoms with E-state index in [0.29, 0.717) is 18.1 Å². The Hall–Kier alpha value is -3.11. The molecule has 0 aliphatic heterocycles. The van der Waals surface area contributed by atoms with Crippen LogP contribution in [-0.4, -0.2) is 37.3 Å². The van der Waals surface area contributed by atoms with E-state index in [0.717, 1.165) is 12.8 Å². The molecule has 1 aliphatic carbocycles. The lowest BCUT2D eigenvalue weighted by atomic mass is 10.3.